The van der Waals surface area contributed by atoms with Crippen molar-refractivity contribution in [2.75, 3.05) is 23.1 Å². The Morgan fingerprint density at radius 3 is 2.46 bits per heavy atom. The van der Waals surface area contributed by atoms with Crippen molar-refractivity contribution in [2.24, 2.45) is 0 Å². The summed E-state index contributed by atoms with van der Waals surface area (Å²) in [6.45, 7) is 6.19. The maximum absolute atomic E-state index is 13.4. The molecular formula is C27H37N3O4S. The number of rotatable bonds is 9. The number of hydrogen-bond acceptors (Lipinski definition) is 5. The second-order valence-corrected chi connectivity index (χ2v) is 11.5. The number of carbonyl (C=O) groups is 1. The van der Waals surface area contributed by atoms with E-state index in [4.69, 9.17) is 0 Å². The lowest BCUT2D eigenvalue weighted by atomic mass is 9.87. The van der Waals surface area contributed by atoms with Crippen molar-refractivity contribution in [2.45, 2.75) is 82.2 Å². The van der Waals surface area contributed by atoms with Crippen molar-refractivity contribution in [3.8, 4) is 0 Å². The molecular weight excluding hydrogens is 462 g/mol. The number of carboxylic acids is 1. The number of aryl methyl sites for hydroxylation is 1. The molecule has 2 aromatic carbocycles. The Labute approximate surface area is 209 Å². The van der Waals surface area contributed by atoms with Gasteiger partial charge in [0.2, 0.25) is 0 Å². The Morgan fingerprint density at radius 1 is 1.00 bits per heavy atom. The molecule has 2 aliphatic rings. The number of piperidine rings is 1. The molecule has 7 nitrogen and oxygen atoms in total. The lowest BCUT2D eigenvalue weighted by Crippen LogP contribution is -2.44. The smallest absolute Gasteiger partial charge is 0.338 e. The van der Waals surface area contributed by atoms with Gasteiger partial charge < -0.3 is 10.4 Å². The van der Waals surface area contributed by atoms with E-state index < -0.39 is 16.0 Å². The van der Waals surface area contributed by atoms with Gasteiger partial charge in [-0.2, -0.15) is 0 Å². The van der Waals surface area contributed by atoms with Crippen LogP contribution in [0.4, 0.5) is 11.4 Å². The van der Waals surface area contributed by atoms with Gasteiger partial charge in [-0.1, -0.05) is 24.6 Å². The molecule has 2 aromatic rings. The highest BCUT2D eigenvalue weighted by Gasteiger charge is 2.26. The molecule has 1 heterocycles. The zero-order chi connectivity index (χ0) is 25.0. The molecule has 35 heavy (non-hydrogen) atoms. The third-order valence-electron chi connectivity index (χ3n) is 7.45. The van der Waals surface area contributed by atoms with E-state index in [0.717, 1.165) is 43.4 Å². The van der Waals surface area contributed by atoms with Crippen molar-refractivity contribution in [3.05, 3.63) is 53.1 Å². The summed E-state index contributed by atoms with van der Waals surface area (Å²) in [6, 6.07) is 11.4. The average molecular weight is 500 g/mol. The first-order chi connectivity index (χ1) is 16.8. The molecule has 0 saturated carbocycles. The van der Waals surface area contributed by atoms with E-state index in [-0.39, 0.29) is 16.1 Å². The monoisotopic (exact) mass is 499 g/mol. The molecule has 3 N–H and O–H groups in total. The first kappa shape index (κ1) is 25.5. The standard InChI is InChI=1S/C27H37N3O4S/c1-19-9-7-10-20(2)30(19)18-8-17-28-23-13-5-6-14-25(23)35(33,34)29-24-16-15-21-11-3-4-12-22(21)26(24)27(31)32/h5-6,13-16,19-20,28-29H,3-4,7-12,17-18H2,1-2H3,(H,31,32). The number of fused-ring (bicyclic) bond motifs is 1. The second kappa shape index (κ2) is 11.0. The van der Waals surface area contributed by atoms with Crippen LogP contribution in [0.3, 0.4) is 0 Å². The van der Waals surface area contributed by atoms with Crippen LogP contribution in [0.1, 0.15) is 73.9 Å². The predicted molar refractivity (Wildman–Crippen MR) is 140 cm³/mol. The van der Waals surface area contributed by atoms with Crippen molar-refractivity contribution in [3.63, 3.8) is 0 Å². The SMILES string of the molecule is CC1CCCC(C)N1CCCNc1ccccc1S(=O)(=O)Nc1ccc2c(c1C(=O)O)CCCC2. The maximum Gasteiger partial charge on any atom is 0.338 e. The zero-order valence-corrected chi connectivity index (χ0v) is 21.5. The Morgan fingerprint density at radius 2 is 1.71 bits per heavy atom. The van der Waals surface area contributed by atoms with Gasteiger partial charge in [0.25, 0.3) is 10.0 Å². The number of sulfonamides is 1. The lowest BCUT2D eigenvalue weighted by molar-refractivity contribution is 0.0696. The number of nitrogens with one attached hydrogen (secondary N) is 2. The van der Waals surface area contributed by atoms with Gasteiger partial charge in [0.15, 0.2) is 0 Å². The van der Waals surface area contributed by atoms with Gasteiger partial charge in [0.1, 0.15) is 4.90 Å². The number of para-hydroxylation sites is 1. The molecule has 4 rings (SSSR count). The minimum atomic E-state index is -3.99. The van der Waals surface area contributed by atoms with E-state index in [1.165, 1.54) is 19.3 Å². The van der Waals surface area contributed by atoms with Crippen LogP contribution in [-0.4, -0.2) is 49.6 Å². The molecule has 8 heteroatoms. The molecule has 2 unspecified atom stereocenters. The Hall–Kier alpha value is -2.58. The van der Waals surface area contributed by atoms with Gasteiger partial charge in [-0.25, -0.2) is 13.2 Å². The highest BCUT2D eigenvalue weighted by atomic mass is 32.2. The topological polar surface area (TPSA) is 98.7 Å². The molecule has 1 aliphatic carbocycles. The van der Waals surface area contributed by atoms with Crippen LogP contribution in [0.25, 0.3) is 0 Å². The molecule has 0 bridgehead atoms. The first-order valence-corrected chi connectivity index (χ1v) is 14.3. The molecule has 1 fully saturated rings. The highest BCUT2D eigenvalue weighted by Crippen LogP contribution is 2.32. The summed E-state index contributed by atoms with van der Waals surface area (Å²) in [7, 11) is -3.99. The van der Waals surface area contributed by atoms with Crippen LogP contribution >= 0.6 is 0 Å². The van der Waals surface area contributed by atoms with Gasteiger partial charge in [-0.05, 0) is 88.1 Å². The molecule has 0 amide bonds. The Kier molecular flexibility index (Phi) is 8.02. The van der Waals surface area contributed by atoms with Crippen molar-refractivity contribution < 1.29 is 18.3 Å². The third kappa shape index (κ3) is 5.81. The van der Waals surface area contributed by atoms with Gasteiger partial charge in [0.05, 0.1) is 16.9 Å². The fourth-order valence-corrected chi connectivity index (χ4v) is 6.86. The van der Waals surface area contributed by atoms with E-state index in [0.29, 0.717) is 30.7 Å². The summed E-state index contributed by atoms with van der Waals surface area (Å²) in [4.78, 5) is 14.7. The molecule has 0 radical (unpaired) electrons. The molecule has 190 valence electrons. The minimum absolute atomic E-state index is 0.0704. The zero-order valence-electron chi connectivity index (χ0n) is 20.7. The summed E-state index contributed by atoms with van der Waals surface area (Å²) >= 11 is 0. The Balaban J connectivity index is 1.48. The fraction of sp³-hybridized carbons (Fsp3) is 0.519. The average Bonchev–Trinajstić information content (AvgIpc) is 2.83. The van der Waals surface area contributed by atoms with Crippen molar-refractivity contribution >= 4 is 27.4 Å². The normalized spacial score (nSPS) is 20.7. The summed E-state index contributed by atoms with van der Waals surface area (Å²) < 4.78 is 29.3. The van der Waals surface area contributed by atoms with E-state index >= 15 is 0 Å². The quantitative estimate of drug-likeness (QED) is 0.414. The van der Waals surface area contributed by atoms with E-state index in [2.05, 4.69) is 28.8 Å². The number of carboxylic acid groups (broad SMARTS) is 1. The molecule has 0 spiro atoms. The number of aromatic carboxylic acids is 1. The van der Waals surface area contributed by atoms with Gasteiger partial charge in [-0.3, -0.25) is 9.62 Å². The maximum atomic E-state index is 13.4. The number of anilines is 2. The largest absolute Gasteiger partial charge is 0.478 e. The number of likely N-dealkylation sites (tertiary alicyclic amines) is 1. The molecule has 2 atom stereocenters. The molecule has 1 aliphatic heterocycles. The second-order valence-electron chi connectivity index (χ2n) is 9.89. The number of hydrogen-bond donors (Lipinski definition) is 3. The van der Waals surface area contributed by atoms with Gasteiger partial charge in [0, 0.05) is 25.2 Å². The summed E-state index contributed by atoms with van der Waals surface area (Å²) in [5.74, 6) is -1.10. The number of benzene rings is 2. The minimum Gasteiger partial charge on any atom is -0.478 e. The number of nitrogens with zero attached hydrogens (tertiary/aromatic N) is 1. The molecule has 1 saturated heterocycles. The highest BCUT2D eigenvalue weighted by molar-refractivity contribution is 7.92. The Bertz CT molecular complexity index is 1160. The van der Waals surface area contributed by atoms with E-state index in [1.54, 1.807) is 30.3 Å². The predicted octanol–water partition coefficient (Wildman–Crippen LogP) is 5.13. The lowest BCUT2D eigenvalue weighted by Gasteiger charge is -2.39. The fourth-order valence-electron chi connectivity index (χ4n) is 5.60. The van der Waals surface area contributed by atoms with Gasteiger partial charge >= 0.3 is 5.97 Å². The van der Waals surface area contributed by atoms with Gasteiger partial charge in [-0.15, -0.1) is 0 Å². The van der Waals surface area contributed by atoms with Crippen LogP contribution in [0.2, 0.25) is 0 Å². The van der Waals surface area contributed by atoms with E-state index in [1.807, 2.05) is 6.07 Å². The van der Waals surface area contributed by atoms with Crippen LogP contribution in [0, 0.1) is 0 Å². The van der Waals surface area contributed by atoms with E-state index in [9.17, 15) is 18.3 Å². The van der Waals surface area contributed by atoms with Crippen LogP contribution in [0.5, 0.6) is 0 Å². The summed E-state index contributed by atoms with van der Waals surface area (Å²) in [5.41, 5.74) is 2.46. The van der Waals surface area contributed by atoms with Crippen LogP contribution in [-0.2, 0) is 22.9 Å². The first-order valence-electron chi connectivity index (χ1n) is 12.8. The van der Waals surface area contributed by atoms with Crippen LogP contribution < -0.4 is 10.0 Å². The third-order valence-corrected chi connectivity index (χ3v) is 8.88. The van der Waals surface area contributed by atoms with Crippen molar-refractivity contribution in [1.82, 2.24) is 4.90 Å². The summed E-state index contributed by atoms with van der Waals surface area (Å²) in [6.07, 6.45) is 8.05. The molecule has 0 aromatic heterocycles. The van der Waals surface area contributed by atoms with Crippen molar-refractivity contribution in [1.29, 1.82) is 0 Å². The van der Waals surface area contributed by atoms with Crippen LogP contribution in [0.15, 0.2) is 41.3 Å². The summed E-state index contributed by atoms with van der Waals surface area (Å²) in [5, 5.41) is 13.2.